The van der Waals surface area contributed by atoms with Gasteiger partial charge in [-0.25, -0.2) is 0 Å². The Morgan fingerprint density at radius 3 is 2.67 bits per heavy atom. The summed E-state index contributed by atoms with van der Waals surface area (Å²) >= 11 is 0. The highest BCUT2D eigenvalue weighted by atomic mass is 35.5. The minimum absolute atomic E-state index is 0. The van der Waals surface area contributed by atoms with E-state index >= 15 is 0 Å². The number of rotatable bonds is 2. The number of carbonyl (C=O) groups is 3. The lowest BCUT2D eigenvalue weighted by molar-refractivity contribution is -0.131. The predicted octanol–water partition coefficient (Wildman–Crippen LogP) is -0.273. The van der Waals surface area contributed by atoms with Gasteiger partial charge < -0.3 is 26.0 Å². The molecular weight excluding hydrogens is 336 g/mol. The minimum atomic E-state index is -1.19. The average molecular weight is 355 g/mol. The normalized spacial score (nSPS) is 24.4. The molecule has 3 amide bonds. The van der Waals surface area contributed by atoms with Gasteiger partial charge >= 0.3 is 0 Å². The second kappa shape index (κ2) is 6.29. The molecule has 0 radical (unpaired) electrons. The molecule has 4 N–H and O–H groups in total. The van der Waals surface area contributed by atoms with Crippen LogP contribution in [0.2, 0.25) is 0 Å². The molecule has 1 aromatic rings. The van der Waals surface area contributed by atoms with E-state index in [4.69, 9.17) is 10.5 Å². The zero-order valence-corrected chi connectivity index (χ0v) is 14.1. The summed E-state index contributed by atoms with van der Waals surface area (Å²) in [6.45, 7) is 0.178. The maximum atomic E-state index is 12.4. The predicted molar refractivity (Wildman–Crippen MR) is 89.3 cm³/mol. The van der Waals surface area contributed by atoms with E-state index in [9.17, 15) is 14.4 Å². The van der Waals surface area contributed by atoms with Crippen molar-refractivity contribution in [2.24, 2.45) is 5.73 Å². The number of fused-ring (bicyclic) bond motifs is 1. The molecule has 1 spiro atoms. The Labute approximate surface area is 145 Å². The topological polar surface area (TPSA) is 114 Å². The van der Waals surface area contributed by atoms with Crippen molar-refractivity contribution in [1.82, 2.24) is 10.2 Å². The molecule has 0 aromatic heterocycles. The molecule has 2 aliphatic heterocycles. The number of amides is 3. The molecule has 1 saturated heterocycles. The van der Waals surface area contributed by atoms with Gasteiger partial charge in [-0.1, -0.05) is 0 Å². The molecule has 8 nitrogen and oxygen atoms in total. The number of benzene rings is 1. The van der Waals surface area contributed by atoms with Gasteiger partial charge in [0.1, 0.15) is 5.75 Å². The fourth-order valence-electron chi connectivity index (χ4n) is 2.81. The second-order valence-corrected chi connectivity index (χ2v) is 6.00. The lowest BCUT2D eigenvalue weighted by Gasteiger charge is -2.34. The van der Waals surface area contributed by atoms with Crippen LogP contribution >= 0.6 is 12.4 Å². The molecule has 2 unspecified atom stereocenters. The highest BCUT2D eigenvalue weighted by Crippen LogP contribution is 2.38. The average Bonchev–Trinajstić information content (AvgIpc) is 2.92. The summed E-state index contributed by atoms with van der Waals surface area (Å²) in [6, 6.07) is 4.23. The van der Waals surface area contributed by atoms with Gasteiger partial charge in [-0.3, -0.25) is 14.4 Å². The maximum Gasteiger partial charge on any atom is 0.270 e. The largest absolute Gasteiger partial charge is 0.474 e. The first kappa shape index (κ1) is 18.0. The zero-order valence-electron chi connectivity index (χ0n) is 13.3. The van der Waals surface area contributed by atoms with Crippen LogP contribution in [0.15, 0.2) is 18.2 Å². The first-order valence-corrected chi connectivity index (χ1v) is 7.21. The molecule has 1 fully saturated rings. The van der Waals surface area contributed by atoms with Crippen LogP contribution < -0.4 is 21.1 Å². The van der Waals surface area contributed by atoms with Gasteiger partial charge in [0.05, 0.1) is 11.7 Å². The van der Waals surface area contributed by atoms with Gasteiger partial charge in [0, 0.05) is 32.6 Å². The Hall–Kier alpha value is -2.32. The number of carbonyl (C=O) groups excluding carboxylic acids is 3. The highest BCUT2D eigenvalue weighted by Gasteiger charge is 2.51. The van der Waals surface area contributed by atoms with Crippen molar-refractivity contribution < 1.29 is 19.1 Å². The molecule has 2 heterocycles. The lowest BCUT2D eigenvalue weighted by atomic mass is 9.96. The fourth-order valence-corrected chi connectivity index (χ4v) is 2.81. The summed E-state index contributed by atoms with van der Waals surface area (Å²) < 4.78 is 5.89. The third-order valence-corrected chi connectivity index (χ3v) is 4.11. The first-order valence-electron chi connectivity index (χ1n) is 7.21. The lowest BCUT2D eigenvalue weighted by Crippen LogP contribution is -2.52. The van der Waals surface area contributed by atoms with Crippen LogP contribution in [-0.2, 0) is 9.59 Å². The molecule has 24 heavy (non-hydrogen) atoms. The van der Waals surface area contributed by atoms with Gasteiger partial charge in [-0.2, -0.15) is 0 Å². The zero-order chi connectivity index (χ0) is 16.8. The molecule has 0 bridgehead atoms. The molecule has 3 rings (SSSR count). The number of primary amides is 1. The quantitative estimate of drug-likeness (QED) is 0.676. The summed E-state index contributed by atoms with van der Waals surface area (Å²) in [7, 11) is 3.31. The van der Waals surface area contributed by atoms with Crippen LogP contribution in [0.25, 0.3) is 0 Å². The number of nitrogens with zero attached hydrogens (tertiary/aromatic N) is 1. The van der Waals surface area contributed by atoms with Crippen molar-refractivity contribution in [2.75, 3.05) is 26.0 Å². The highest BCUT2D eigenvalue weighted by molar-refractivity contribution is 6.03. The van der Waals surface area contributed by atoms with Crippen molar-refractivity contribution in [3.8, 4) is 5.75 Å². The molecule has 2 atom stereocenters. The van der Waals surface area contributed by atoms with E-state index in [2.05, 4.69) is 10.6 Å². The molecular formula is C15H19ClN4O4. The summed E-state index contributed by atoms with van der Waals surface area (Å²) in [5.41, 5.74) is 5.05. The molecule has 0 saturated carbocycles. The van der Waals surface area contributed by atoms with Crippen molar-refractivity contribution in [2.45, 2.75) is 18.1 Å². The van der Waals surface area contributed by atoms with Gasteiger partial charge in [-0.05, 0) is 18.2 Å². The van der Waals surface area contributed by atoms with Crippen LogP contribution in [0.4, 0.5) is 5.69 Å². The van der Waals surface area contributed by atoms with E-state index in [1.807, 2.05) is 0 Å². The van der Waals surface area contributed by atoms with E-state index in [0.717, 1.165) is 0 Å². The molecule has 2 aliphatic rings. The van der Waals surface area contributed by atoms with E-state index in [0.29, 0.717) is 17.0 Å². The van der Waals surface area contributed by atoms with Gasteiger partial charge in [-0.15, -0.1) is 12.4 Å². The molecule has 1 aromatic carbocycles. The molecule has 0 aliphatic carbocycles. The monoisotopic (exact) mass is 354 g/mol. The number of hydrogen-bond donors (Lipinski definition) is 3. The fraction of sp³-hybridized carbons (Fsp3) is 0.400. The van der Waals surface area contributed by atoms with Crippen LogP contribution in [0.1, 0.15) is 16.8 Å². The third-order valence-electron chi connectivity index (χ3n) is 4.11. The van der Waals surface area contributed by atoms with Crippen LogP contribution in [0, 0.1) is 0 Å². The van der Waals surface area contributed by atoms with Crippen molar-refractivity contribution in [3.05, 3.63) is 23.8 Å². The van der Waals surface area contributed by atoms with E-state index in [1.54, 1.807) is 32.3 Å². The van der Waals surface area contributed by atoms with Gasteiger partial charge in [0.2, 0.25) is 11.5 Å². The Morgan fingerprint density at radius 1 is 1.38 bits per heavy atom. The summed E-state index contributed by atoms with van der Waals surface area (Å²) in [5, 5.41) is 5.66. The number of nitrogens with two attached hydrogens (primary N) is 1. The third kappa shape index (κ3) is 2.90. The molecule has 130 valence electrons. The minimum Gasteiger partial charge on any atom is -0.474 e. The van der Waals surface area contributed by atoms with Gasteiger partial charge in [0.25, 0.3) is 11.8 Å². The second-order valence-electron chi connectivity index (χ2n) is 6.00. The Bertz CT molecular complexity index is 709. The summed E-state index contributed by atoms with van der Waals surface area (Å²) in [6.07, 6.45) is 0.152. The van der Waals surface area contributed by atoms with E-state index in [1.165, 1.54) is 4.90 Å². The number of halogens is 1. The van der Waals surface area contributed by atoms with Crippen LogP contribution in [-0.4, -0.2) is 54.9 Å². The van der Waals surface area contributed by atoms with Crippen LogP contribution in [0.3, 0.4) is 0 Å². The summed E-state index contributed by atoms with van der Waals surface area (Å²) in [4.78, 5) is 37.2. The number of nitrogens with one attached hydrogen (secondary N) is 2. The van der Waals surface area contributed by atoms with Crippen molar-refractivity contribution in [3.63, 3.8) is 0 Å². The number of anilines is 1. The van der Waals surface area contributed by atoms with E-state index in [-0.39, 0.29) is 37.2 Å². The Balaban J connectivity index is 0.00000208. The standard InChI is InChI=1S/C15H18N4O4.ClH/c1-19(2)13(21)8-3-4-9-11(5-8)23-15(14(22)18-9)6-10(12(16)20)17-7-15;/h3-5,10,17H,6-7H2,1-2H3,(H2,16,20)(H,18,22);1H. The Morgan fingerprint density at radius 2 is 2.08 bits per heavy atom. The van der Waals surface area contributed by atoms with Crippen molar-refractivity contribution in [1.29, 1.82) is 0 Å². The van der Waals surface area contributed by atoms with E-state index < -0.39 is 17.6 Å². The smallest absolute Gasteiger partial charge is 0.270 e. The summed E-state index contributed by atoms with van der Waals surface area (Å²) in [5.74, 6) is -0.611. The Kier molecular flexibility index (Phi) is 4.73. The van der Waals surface area contributed by atoms with Crippen LogP contribution in [0.5, 0.6) is 5.75 Å². The first-order chi connectivity index (χ1) is 10.8. The number of hydrogen-bond acceptors (Lipinski definition) is 5. The SMILES string of the molecule is CN(C)C(=O)c1ccc2c(c1)OC1(CNC(C(N)=O)C1)C(=O)N2.Cl. The van der Waals surface area contributed by atoms with Gasteiger partial charge in [0.15, 0.2) is 0 Å². The van der Waals surface area contributed by atoms with Crippen molar-refractivity contribution >= 4 is 35.8 Å². The maximum absolute atomic E-state index is 12.4. The molecule has 9 heteroatoms. The number of ether oxygens (including phenoxy) is 1.